The number of anilines is 1. The highest BCUT2D eigenvalue weighted by atomic mass is 35.5. The summed E-state index contributed by atoms with van der Waals surface area (Å²) in [4.78, 5) is 31.1. The van der Waals surface area contributed by atoms with E-state index in [0.717, 1.165) is 12.1 Å². The molecule has 126 valence electrons. The molecule has 0 saturated carbocycles. The molecular formula is C17H9ClF2N2O3. The minimum atomic E-state index is -1.19. The van der Waals surface area contributed by atoms with Gasteiger partial charge in [-0.15, -0.1) is 0 Å². The van der Waals surface area contributed by atoms with Crippen LogP contribution in [0.15, 0.2) is 47.6 Å². The van der Waals surface area contributed by atoms with E-state index in [0.29, 0.717) is 21.6 Å². The first-order valence-corrected chi connectivity index (χ1v) is 7.68. The molecule has 2 atom stereocenters. The van der Waals surface area contributed by atoms with E-state index in [4.69, 9.17) is 16.4 Å². The predicted molar refractivity (Wildman–Crippen MR) is 85.2 cm³/mol. The lowest BCUT2D eigenvalue weighted by Gasteiger charge is -2.16. The molecule has 25 heavy (non-hydrogen) atoms. The van der Waals surface area contributed by atoms with Crippen LogP contribution in [0, 0.1) is 17.6 Å². The third-order valence-corrected chi connectivity index (χ3v) is 4.44. The molecule has 1 saturated heterocycles. The first-order valence-electron chi connectivity index (χ1n) is 7.30. The van der Waals surface area contributed by atoms with Crippen molar-refractivity contribution >= 4 is 34.8 Å². The fraction of sp³-hybridized carbons (Fsp3) is 0.118. The van der Waals surface area contributed by atoms with Gasteiger partial charge in [-0.3, -0.25) is 9.59 Å². The monoisotopic (exact) mass is 362 g/mol. The standard InChI is InChI=1S/C17H9ClF2N2O3/c18-10-4-2-1-3-9(10)14-13-15(25-21-14)17(24)22(16(13)23)12-6-5-8(19)7-11(12)20/h1-7,13,15H/t13-,15+/m1/s1. The average Bonchev–Trinajstić information content (AvgIpc) is 3.10. The molecule has 0 aliphatic carbocycles. The van der Waals surface area contributed by atoms with Crippen LogP contribution in [0.4, 0.5) is 14.5 Å². The van der Waals surface area contributed by atoms with Crippen molar-refractivity contribution in [2.45, 2.75) is 6.10 Å². The van der Waals surface area contributed by atoms with E-state index in [1.807, 2.05) is 0 Å². The van der Waals surface area contributed by atoms with Crippen LogP contribution in [-0.2, 0) is 14.4 Å². The maximum Gasteiger partial charge on any atom is 0.279 e. The minimum absolute atomic E-state index is 0.207. The Kier molecular flexibility index (Phi) is 3.54. The lowest BCUT2D eigenvalue weighted by atomic mass is 9.94. The van der Waals surface area contributed by atoms with Gasteiger partial charge in [0.2, 0.25) is 12.0 Å². The predicted octanol–water partition coefficient (Wildman–Crippen LogP) is 2.91. The Bertz CT molecular complexity index is 947. The molecule has 2 heterocycles. The number of carbonyl (C=O) groups is 2. The Balaban J connectivity index is 1.75. The number of rotatable bonds is 2. The summed E-state index contributed by atoms with van der Waals surface area (Å²) in [5.74, 6) is -4.31. The number of hydrogen-bond donors (Lipinski definition) is 0. The van der Waals surface area contributed by atoms with E-state index in [2.05, 4.69) is 5.16 Å². The largest absolute Gasteiger partial charge is 0.381 e. The number of benzene rings is 2. The molecule has 0 aromatic heterocycles. The molecule has 2 aromatic rings. The van der Waals surface area contributed by atoms with Crippen LogP contribution >= 0.6 is 11.6 Å². The second-order valence-electron chi connectivity index (χ2n) is 5.57. The molecule has 1 fully saturated rings. The van der Waals surface area contributed by atoms with Crippen molar-refractivity contribution in [2.75, 3.05) is 4.90 Å². The molecular weight excluding hydrogens is 354 g/mol. The van der Waals surface area contributed by atoms with E-state index < -0.39 is 35.5 Å². The highest BCUT2D eigenvalue weighted by molar-refractivity contribution is 6.38. The Morgan fingerprint density at radius 2 is 1.84 bits per heavy atom. The van der Waals surface area contributed by atoms with Gasteiger partial charge in [-0.25, -0.2) is 13.7 Å². The molecule has 8 heteroatoms. The molecule has 2 aromatic carbocycles. The molecule has 4 rings (SSSR count). The molecule has 5 nitrogen and oxygen atoms in total. The van der Waals surface area contributed by atoms with Crippen LogP contribution < -0.4 is 4.90 Å². The number of amides is 2. The van der Waals surface area contributed by atoms with Gasteiger partial charge in [0.1, 0.15) is 23.3 Å². The van der Waals surface area contributed by atoms with Crippen LogP contribution in [0.1, 0.15) is 5.56 Å². The maximum absolute atomic E-state index is 14.0. The average molecular weight is 363 g/mol. The van der Waals surface area contributed by atoms with Gasteiger partial charge < -0.3 is 4.84 Å². The SMILES string of the molecule is O=C1[C@@H]2C(c3ccccc3Cl)=NO[C@@H]2C(=O)N1c1ccc(F)cc1F. The van der Waals surface area contributed by atoms with E-state index in [1.54, 1.807) is 24.3 Å². The summed E-state index contributed by atoms with van der Waals surface area (Å²) in [7, 11) is 0. The third kappa shape index (κ3) is 2.31. The number of nitrogens with zero attached hydrogens (tertiary/aromatic N) is 2. The zero-order chi connectivity index (χ0) is 17.7. The van der Waals surface area contributed by atoms with Gasteiger partial charge in [0.25, 0.3) is 5.91 Å². The van der Waals surface area contributed by atoms with Crippen LogP contribution in [0.25, 0.3) is 0 Å². The van der Waals surface area contributed by atoms with Crippen LogP contribution in [0.3, 0.4) is 0 Å². The summed E-state index contributed by atoms with van der Waals surface area (Å²) in [6.07, 6.45) is -1.19. The van der Waals surface area contributed by atoms with Crippen molar-refractivity contribution in [2.24, 2.45) is 11.1 Å². The maximum atomic E-state index is 14.0. The van der Waals surface area contributed by atoms with Crippen molar-refractivity contribution in [1.29, 1.82) is 0 Å². The molecule has 2 aliphatic rings. The van der Waals surface area contributed by atoms with E-state index in [9.17, 15) is 18.4 Å². The van der Waals surface area contributed by atoms with Crippen molar-refractivity contribution in [3.63, 3.8) is 0 Å². The van der Waals surface area contributed by atoms with E-state index in [1.165, 1.54) is 0 Å². The van der Waals surface area contributed by atoms with Crippen molar-refractivity contribution < 1.29 is 23.2 Å². The van der Waals surface area contributed by atoms with Crippen LogP contribution in [0.2, 0.25) is 5.02 Å². The topological polar surface area (TPSA) is 59.0 Å². The van der Waals surface area contributed by atoms with Crippen molar-refractivity contribution in [1.82, 2.24) is 0 Å². The quantitative estimate of drug-likeness (QED) is 0.772. The van der Waals surface area contributed by atoms with E-state index >= 15 is 0 Å². The highest BCUT2D eigenvalue weighted by Gasteiger charge is 2.56. The normalized spacial score (nSPS) is 22.0. The second kappa shape index (κ2) is 5.63. The first kappa shape index (κ1) is 15.7. The molecule has 0 unspecified atom stereocenters. The van der Waals surface area contributed by atoms with E-state index in [-0.39, 0.29) is 11.4 Å². The van der Waals surface area contributed by atoms with Gasteiger partial charge in [-0.2, -0.15) is 0 Å². The number of carbonyl (C=O) groups excluding carboxylic acids is 2. The molecule has 0 bridgehead atoms. The van der Waals surface area contributed by atoms with Gasteiger partial charge in [0, 0.05) is 16.7 Å². The van der Waals surface area contributed by atoms with Gasteiger partial charge in [-0.1, -0.05) is 35.0 Å². The Hall–Kier alpha value is -2.80. The summed E-state index contributed by atoms with van der Waals surface area (Å²) in [6.45, 7) is 0. The summed E-state index contributed by atoms with van der Waals surface area (Å²) < 4.78 is 27.1. The summed E-state index contributed by atoms with van der Waals surface area (Å²) in [5, 5.41) is 4.17. The lowest BCUT2D eigenvalue weighted by Crippen LogP contribution is -2.34. The molecule has 2 amide bonds. The summed E-state index contributed by atoms with van der Waals surface area (Å²) in [5.41, 5.74) is 0.339. The number of halogens is 3. The number of fused-ring (bicyclic) bond motifs is 1. The summed E-state index contributed by atoms with van der Waals surface area (Å²) >= 11 is 6.13. The fourth-order valence-electron chi connectivity index (χ4n) is 2.97. The summed E-state index contributed by atoms with van der Waals surface area (Å²) in [6, 6.07) is 9.28. The number of oxime groups is 1. The minimum Gasteiger partial charge on any atom is -0.381 e. The molecule has 2 aliphatic heterocycles. The fourth-order valence-corrected chi connectivity index (χ4v) is 3.20. The smallest absolute Gasteiger partial charge is 0.279 e. The lowest BCUT2D eigenvalue weighted by molar-refractivity contribution is -0.126. The zero-order valence-electron chi connectivity index (χ0n) is 12.4. The van der Waals surface area contributed by atoms with Gasteiger partial charge in [0.05, 0.1) is 5.69 Å². The Morgan fingerprint density at radius 3 is 2.56 bits per heavy atom. The van der Waals surface area contributed by atoms with Gasteiger partial charge in [0.15, 0.2) is 0 Å². The molecule has 0 N–H and O–H groups in total. The third-order valence-electron chi connectivity index (χ3n) is 4.11. The van der Waals surface area contributed by atoms with Gasteiger partial charge >= 0.3 is 0 Å². The first-order chi connectivity index (χ1) is 12.0. The highest BCUT2D eigenvalue weighted by Crippen LogP contribution is 2.37. The van der Waals surface area contributed by atoms with Crippen LogP contribution in [-0.4, -0.2) is 23.6 Å². The van der Waals surface area contributed by atoms with Crippen molar-refractivity contribution in [3.8, 4) is 0 Å². The number of imide groups is 1. The zero-order valence-corrected chi connectivity index (χ0v) is 13.2. The second-order valence-corrected chi connectivity index (χ2v) is 5.97. The van der Waals surface area contributed by atoms with Crippen molar-refractivity contribution in [3.05, 3.63) is 64.7 Å². The number of hydrogen-bond acceptors (Lipinski definition) is 4. The molecule has 0 spiro atoms. The Labute approximate surface area is 145 Å². The van der Waals surface area contributed by atoms with Gasteiger partial charge in [-0.05, 0) is 18.2 Å². The van der Waals surface area contributed by atoms with Crippen LogP contribution in [0.5, 0.6) is 0 Å². The molecule has 0 radical (unpaired) electrons. The Morgan fingerprint density at radius 1 is 1.08 bits per heavy atom.